The Morgan fingerprint density at radius 2 is 2.00 bits per heavy atom. The van der Waals surface area contributed by atoms with E-state index >= 15 is 0 Å². The van der Waals surface area contributed by atoms with E-state index < -0.39 is 5.54 Å². The molecule has 1 amide bonds. The molecule has 1 aliphatic rings. The minimum absolute atomic E-state index is 0. The first-order valence-corrected chi connectivity index (χ1v) is 7.85. The van der Waals surface area contributed by atoms with Gasteiger partial charge < -0.3 is 16.0 Å². The largest absolute Gasteiger partial charge is 0.353 e. The summed E-state index contributed by atoms with van der Waals surface area (Å²) in [5.41, 5.74) is 6.06. The van der Waals surface area contributed by atoms with Crippen LogP contribution >= 0.6 is 24.8 Å². The number of amides is 1. The van der Waals surface area contributed by atoms with Crippen molar-refractivity contribution in [3.8, 4) is 0 Å². The Kier molecular flexibility index (Phi) is 9.78. The Labute approximate surface area is 152 Å². The first-order valence-electron chi connectivity index (χ1n) is 7.85. The molecule has 2 atom stereocenters. The molecule has 6 heteroatoms. The molecule has 1 heterocycles. The lowest BCUT2D eigenvalue weighted by molar-refractivity contribution is -0.126. The van der Waals surface area contributed by atoms with Crippen molar-refractivity contribution in [3.63, 3.8) is 0 Å². The molecule has 23 heavy (non-hydrogen) atoms. The number of piperidine rings is 1. The van der Waals surface area contributed by atoms with Gasteiger partial charge in [-0.1, -0.05) is 37.3 Å². The average Bonchev–Trinajstić information content (AvgIpc) is 2.48. The fourth-order valence-corrected chi connectivity index (χ4v) is 2.92. The summed E-state index contributed by atoms with van der Waals surface area (Å²) < 4.78 is 0. The molecule has 1 aromatic rings. The Balaban J connectivity index is 0.00000242. The zero-order valence-corrected chi connectivity index (χ0v) is 15.6. The van der Waals surface area contributed by atoms with Crippen LogP contribution < -0.4 is 11.1 Å². The van der Waals surface area contributed by atoms with Crippen LogP contribution in [0.1, 0.15) is 32.3 Å². The van der Waals surface area contributed by atoms with Crippen LogP contribution in [0, 0.1) is 5.92 Å². The summed E-state index contributed by atoms with van der Waals surface area (Å²) in [5, 5.41) is 2.98. The Morgan fingerprint density at radius 1 is 1.35 bits per heavy atom. The van der Waals surface area contributed by atoms with E-state index in [1.165, 1.54) is 12.8 Å². The monoisotopic (exact) mass is 361 g/mol. The molecule has 3 N–H and O–H groups in total. The lowest BCUT2D eigenvalue weighted by Gasteiger charge is -2.31. The van der Waals surface area contributed by atoms with Gasteiger partial charge in [0.1, 0.15) is 5.54 Å². The van der Waals surface area contributed by atoms with E-state index in [4.69, 9.17) is 5.73 Å². The fraction of sp³-hybridized carbons (Fsp3) is 0.588. The van der Waals surface area contributed by atoms with Gasteiger partial charge in [0.05, 0.1) is 0 Å². The van der Waals surface area contributed by atoms with Gasteiger partial charge in [0.2, 0.25) is 5.91 Å². The maximum absolute atomic E-state index is 12.3. The molecule has 0 radical (unpaired) electrons. The number of likely N-dealkylation sites (tertiary alicyclic amines) is 1. The van der Waals surface area contributed by atoms with E-state index in [9.17, 15) is 4.79 Å². The molecule has 2 rings (SSSR count). The van der Waals surface area contributed by atoms with E-state index in [0.717, 1.165) is 31.1 Å². The molecule has 1 fully saturated rings. The number of hydrogen-bond donors (Lipinski definition) is 2. The van der Waals surface area contributed by atoms with Gasteiger partial charge in [-0.25, -0.2) is 0 Å². The first kappa shape index (κ1) is 22.2. The van der Waals surface area contributed by atoms with Gasteiger partial charge in [0, 0.05) is 19.6 Å². The van der Waals surface area contributed by atoms with E-state index in [2.05, 4.69) is 17.1 Å². The minimum Gasteiger partial charge on any atom is -0.353 e. The van der Waals surface area contributed by atoms with Gasteiger partial charge in [-0.2, -0.15) is 0 Å². The number of carbonyl (C=O) groups is 1. The van der Waals surface area contributed by atoms with Crippen LogP contribution in [0.25, 0.3) is 0 Å². The summed E-state index contributed by atoms with van der Waals surface area (Å²) in [5.74, 6) is 0.650. The van der Waals surface area contributed by atoms with E-state index in [1.807, 2.05) is 30.3 Å². The quantitative estimate of drug-likeness (QED) is 0.846. The maximum Gasteiger partial charge on any atom is 0.244 e. The molecule has 1 aliphatic heterocycles. The van der Waals surface area contributed by atoms with Gasteiger partial charge in [0.25, 0.3) is 0 Å². The molecule has 0 bridgehead atoms. The van der Waals surface area contributed by atoms with Gasteiger partial charge in [-0.15, -0.1) is 24.8 Å². The number of rotatable bonds is 5. The highest BCUT2D eigenvalue weighted by Crippen LogP contribution is 2.17. The Hall–Kier alpha value is -0.810. The van der Waals surface area contributed by atoms with Crippen LogP contribution in [0.2, 0.25) is 0 Å². The lowest BCUT2D eigenvalue weighted by Crippen LogP contribution is -2.50. The summed E-state index contributed by atoms with van der Waals surface area (Å²) in [6, 6.07) is 9.53. The van der Waals surface area contributed by atoms with Crippen LogP contribution in [0.15, 0.2) is 30.3 Å². The molecular formula is C17H29Cl2N3O. The number of halogens is 2. The van der Waals surface area contributed by atoms with Crippen LogP contribution in [0.3, 0.4) is 0 Å². The molecule has 1 aromatic carbocycles. The summed E-state index contributed by atoms with van der Waals surface area (Å²) in [6.45, 7) is 7.89. The first-order chi connectivity index (χ1) is 10.00. The average molecular weight is 362 g/mol. The van der Waals surface area contributed by atoms with Crippen molar-refractivity contribution in [1.82, 2.24) is 10.2 Å². The van der Waals surface area contributed by atoms with Crippen molar-refractivity contribution >= 4 is 30.7 Å². The topological polar surface area (TPSA) is 58.4 Å². The molecular weight excluding hydrogens is 333 g/mol. The second-order valence-corrected chi connectivity index (χ2v) is 6.37. The van der Waals surface area contributed by atoms with Crippen LogP contribution in [-0.2, 0) is 10.3 Å². The molecule has 1 saturated heterocycles. The van der Waals surface area contributed by atoms with Crippen molar-refractivity contribution in [1.29, 1.82) is 0 Å². The van der Waals surface area contributed by atoms with Crippen molar-refractivity contribution in [2.24, 2.45) is 11.7 Å². The Morgan fingerprint density at radius 3 is 2.61 bits per heavy atom. The molecule has 132 valence electrons. The van der Waals surface area contributed by atoms with Gasteiger partial charge in [-0.3, -0.25) is 4.79 Å². The molecule has 2 unspecified atom stereocenters. The third-order valence-electron chi connectivity index (χ3n) is 4.30. The number of nitrogens with zero attached hydrogens (tertiary/aromatic N) is 1. The summed E-state index contributed by atoms with van der Waals surface area (Å²) in [7, 11) is 0. The normalized spacial score (nSPS) is 20.6. The number of hydrogen-bond acceptors (Lipinski definition) is 3. The predicted octanol–water partition coefficient (Wildman–Crippen LogP) is 2.55. The van der Waals surface area contributed by atoms with Gasteiger partial charge in [-0.05, 0) is 37.8 Å². The highest BCUT2D eigenvalue weighted by atomic mass is 35.5. The van der Waals surface area contributed by atoms with E-state index in [0.29, 0.717) is 6.54 Å². The van der Waals surface area contributed by atoms with E-state index in [-0.39, 0.29) is 30.7 Å². The molecule has 0 aromatic heterocycles. The zero-order chi connectivity index (χ0) is 15.3. The second kappa shape index (κ2) is 10.1. The summed E-state index contributed by atoms with van der Waals surface area (Å²) in [6.07, 6.45) is 2.57. The summed E-state index contributed by atoms with van der Waals surface area (Å²) >= 11 is 0. The molecule has 0 aliphatic carbocycles. The zero-order valence-electron chi connectivity index (χ0n) is 14.0. The predicted molar refractivity (Wildman–Crippen MR) is 100 cm³/mol. The maximum atomic E-state index is 12.3. The summed E-state index contributed by atoms with van der Waals surface area (Å²) in [4.78, 5) is 14.7. The number of nitrogens with one attached hydrogen (secondary N) is 1. The number of carbonyl (C=O) groups excluding carboxylic acids is 1. The SMILES string of the molecule is CC1CCCN(CCNC(=O)C(C)(N)c2ccccc2)C1.Cl.Cl. The van der Waals surface area contributed by atoms with Crippen LogP contribution in [0.5, 0.6) is 0 Å². The van der Waals surface area contributed by atoms with Crippen LogP contribution in [0.4, 0.5) is 0 Å². The second-order valence-electron chi connectivity index (χ2n) is 6.37. The molecule has 4 nitrogen and oxygen atoms in total. The van der Waals surface area contributed by atoms with Crippen molar-refractivity contribution in [2.75, 3.05) is 26.2 Å². The number of nitrogens with two attached hydrogens (primary N) is 1. The molecule has 0 spiro atoms. The molecule has 0 saturated carbocycles. The fourth-order valence-electron chi connectivity index (χ4n) is 2.92. The highest BCUT2D eigenvalue weighted by molar-refractivity contribution is 5.87. The smallest absolute Gasteiger partial charge is 0.244 e. The third-order valence-corrected chi connectivity index (χ3v) is 4.30. The van der Waals surface area contributed by atoms with Crippen molar-refractivity contribution in [2.45, 2.75) is 32.2 Å². The van der Waals surface area contributed by atoms with Gasteiger partial charge in [0.15, 0.2) is 0 Å². The Bertz CT molecular complexity index is 468. The van der Waals surface area contributed by atoms with Crippen molar-refractivity contribution in [3.05, 3.63) is 35.9 Å². The number of benzene rings is 1. The minimum atomic E-state index is -0.976. The highest BCUT2D eigenvalue weighted by Gasteiger charge is 2.30. The third kappa shape index (κ3) is 6.30. The van der Waals surface area contributed by atoms with Crippen molar-refractivity contribution < 1.29 is 4.79 Å². The van der Waals surface area contributed by atoms with Gasteiger partial charge >= 0.3 is 0 Å². The van der Waals surface area contributed by atoms with E-state index in [1.54, 1.807) is 6.92 Å². The van der Waals surface area contributed by atoms with Crippen LogP contribution in [-0.4, -0.2) is 37.0 Å². The lowest BCUT2D eigenvalue weighted by atomic mass is 9.92. The standard InChI is InChI=1S/C17H27N3O.2ClH/c1-14-7-6-11-20(13-14)12-10-19-16(21)17(2,18)15-8-4-3-5-9-15;;/h3-5,8-9,14H,6-7,10-13,18H2,1-2H3,(H,19,21);2*1H.